The lowest BCUT2D eigenvalue weighted by Gasteiger charge is -2.13. The van der Waals surface area contributed by atoms with Crippen molar-refractivity contribution in [3.63, 3.8) is 0 Å². The summed E-state index contributed by atoms with van der Waals surface area (Å²) < 4.78 is 5.60. The second kappa shape index (κ2) is 7.14. The Kier molecular flexibility index (Phi) is 5.83. The summed E-state index contributed by atoms with van der Waals surface area (Å²) in [4.78, 5) is 10.6. The van der Waals surface area contributed by atoms with Crippen molar-refractivity contribution >= 4 is 5.97 Å². The van der Waals surface area contributed by atoms with Crippen LogP contribution in [-0.2, 0) is 4.79 Å². The van der Waals surface area contributed by atoms with Crippen LogP contribution in [0.25, 0.3) is 0 Å². The Morgan fingerprint density at radius 2 is 2.05 bits per heavy atom. The maximum Gasteiger partial charge on any atom is 0.320 e. The fourth-order valence-electron chi connectivity index (χ4n) is 1.92. The van der Waals surface area contributed by atoms with Crippen LogP contribution in [0.3, 0.4) is 0 Å². The van der Waals surface area contributed by atoms with Crippen LogP contribution < -0.4 is 10.1 Å². The molecule has 4 heteroatoms. The molecule has 0 bridgehead atoms. The molecule has 0 aromatic heterocycles. The van der Waals surface area contributed by atoms with Gasteiger partial charge in [0, 0.05) is 6.54 Å². The molecule has 2 N–H and O–H groups in total. The molecule has 0 aliphatic carbocycles. The lowest BCUT2D eigenvalue weighted by atomic mass is 9.98. The molecular weight excluding hydrogens is 242 g/mol. The van der Waals surface area contributed by atoms with E-state index in [2.05, 4.69) is 32.2 Å². The Hall–Kier alpha value is -1.55. The zero-order valence-corrected chi connectivity index (χ0v) is 12.1. The first-order valence-corrected chi connectivity index (χ1v) is 6.61. The number of aliphatic carboxylic acids is 1. The summed E-state index contributed by atoms with van der Waals surface area (Å²) in [5.41, 5.74) is 2.55. The molecule has 0 fully saturated rings. The molecule has 1 aromatic rings. The van der Waals surface area contributed by atoms with Crippen molar-refractivity contribution in [2.75, 3.05) is 13.2 Å². The van der Waals surface area contributed by atoms with Gasteiger partial charge in [-0.2, -0.15) is 0 Å². The van der Waals surface area contributed by atoms with Crippen molar-refractivity contribution in [3.05, 3.63) is 29.3 Å². The number of aryl methyl sites for hydroxylation is 1. The maximum atomic E-state index is 10.6. The Morgan fingerprint density at radius 1 is 1.37 bits per heavy atom. The first-order chi connectivity index (χ1) is 8.91. The highest BCUT2D eigenvalue weighted by Crippen LogP contribution is 2.23. The van der Waals surface area contributed by atoms with Crippen molar-refractivity contribution in [2.24, 2.45) is 0 Å². The van der Waals surface area contributed by atoms with E-state index in [1.54, 1.807) is 6.92 Å². The van der Waals surface area contributed by atoms with Crippen molar-refractivity contribution in [3.8, 4) is 5.75 Å². The molecule has 0 aliphatic rings. The van der Waals surface area contributed by atoms with Gasteiger partial charge in [0.05, 0.1) is 0 Å². The molecule has 1 rings (SSSR count). The monoisotopic (exact) mass is 265 g/mol. The number of benzene rings is 1. The molecule has 106 valence electrons. The molecule has 0 aliphatic heterocycles. The van der Waals surface area contributed by atoms with Gasteiger partial charge in [-0.05, 0) is 43.0 Å². The number of carbonyl (C=O) groups is 1. The fraction of sp³-hybridized carbons (Fsp3) is 0.533. The molecule has 0 saturated carbocycles. The Balaban J connectivity index is 2.42. The molecule has 0 spiro atoms. The molecule has 0 heterocycles. The lowest BCUT2D eigenvalue weighted by molar-refractivity contribution is -0.139. The average Bonchev–Trinajstić information content (AvgIpc) is 2.33. The zero-order chi connectivity index (χ0) is 14.4. The average molecular weight is 265 g/mol. The standard InChI is InChI=1S/C15H23NO3/c1-10(2)14-6-5-13(9-11(14)3)19-8-7-16-12(4)15(17)18/h5-6,9-10,12,16H,7-8H2,1-4H3,(H,17,18). The fourth-order valence-corrected chi connectivity index (χ4v) is 1.92. The minimum absolute atomic E-state index is 0.456. The molecule has 1 aromatic carbocycles. The van der Waals surface area contributed by atoms with Crippen LogP contribution in [0.1, 0.15) is 37.8 Å². The van der Waals surface area contributed by atoms with Crippen molar-refractivity contribution in [1.29, 1.82) is 0 Å². The van der Waals surface area contributed by atoms with Gasteiger partial charge in [0.15, 0.2) is 0 Å². The minimum Gasteiger partial charge on any atom is -0.492 e. The van der Waals surface area contributed by atoms with Crippen LogP contribution in [0, 0.1) is 6.92 Å². The smallest absolute Gasteiger partial charge is 0.320 e. The van der Waals surface area contributed by atoms with Gasteiger partial charge in [-0.25, -0.2) is 0 Å². The number of ether oxygens (including phenoxy) is 1. The summed E-state index contributed by atoms with van der Waals surface area (Å²) in [6, 6.07) is 5.52. The Morgan fingerprint density at radius 3 is 2.58 bits per heavy atom. The molecule has 4 nitrogen and oxygen atoms in total. The van der Waals surface area contributed by atoms with E-state index in [0.717, 1.165) is 5.75 Å². The number of nitrogens with one attached hydrogen (secondary N) is 1. The first kappa shape index (κ1) is 15.5. The molecule has 0 radical (unpaired) electrons. The second-order valence-electron chi connectivity index (χ2n) is 5.04. The SMILES string of the molecule is Cc1cc(OCCNC(C)C(=O)O)ccc1C(C)C. The molecule has 1 unspecified atom stereocenters. The summed E-state index contributed by atoms with van der Waals surface area (Å²) in [5.74, 6) is 0.482. The van der Waals surface area contributed by atoms with Gasteiger partial charge in [0.1, 0.15) is 18.4 Å². The van der Waals surface area contributed by atoms with E-state index >= 15 is 0 Å². The van der Waals surface area contributed by atoms with Gasteiger partial charge in [-0.1, -0.05) is 19.9 Å². The summed E-state index contributed by atoms with van der Waals surface area (Å²) in [6.45, 7) is 8.99. The van der Waals surface area contributed by atoms with Crippen molar-refractivity contribution in [2.45, 2.75) is 39.7 Å². The third-order valence-corrected chi connectivity index (χ3v) is 3.06. The molecular formula is C15H23NO3. The quantitative estimate of drug-likeness (QED) is 0.744. The van der Waals surface area contributed by atoms with E-state index in [4.69, 9.17) is 9.84 Å². The zero-order valence-electron chi connectivity index (χ0n) is 12.1. The van der Waals surface area contributed by atoms with Crippen LogP contribution in [0.2, 0.25) is 0 Å². The second-order valence-corrected chi connectivity index (χ2v) is 5.04. The van der Waals surface area contributed by atoms with Gasteiger partial charge < -0.3 is 15.2 Å². The van der Waals surface area contributed by atoms with Crippen LogP contribution in [-0.4, -0.2) is 30.3 Å². The van der Waals surface area contributed by atoms with E-state index in [1.165, 1.54) is 11.1 Å². The summed E-state index contributed by atoms with van der Waals surface area (Å²) in [5, 5.41) is 11.6. The van der Waals surface area contributed by atoms with Gasteiger partial charge in [0.2, 0.25) is 0 Å². The highest BCUT2D eigenvalue weighted by atomic mass is 16.5. The lowest BCUT2D eigenvalue weighted by Crippen LogP contribution is -2.36. The van der Waals surface area contributed by atoms with Crippen molar-refractivity contribution in [1.82, 2.24) is 5.32 Å². The highest BCUT2D eigenvalue weighted by Gasteiger charge is 2.09. The summed E-state index contributed by atoms with van der Waals surface area (Å²) in [6.07, 6.45) is 0. The largest absolute Gasteiger partial charge is 0.492 e. The minimum atomic E-state index is -0.850. The van der Waals surface area contributed by atoms with Crippen LogP contribution in [0.5, 0.6) is 5.75 Å². The number of hydrogen-bond donors (Lipinski definition) is 2. The molecule has 19 heavy (non-hydrogen) atoms. The van der Waals surface area contributed by atoms with E-state index in [1.807, 2.05) is 12.1 Å². The highest BCUT2D eigenvalue weighted by molar-refractivity contribution is 5.72. The van der Waals surface area contributed by atoms with E-state index in [-0.39, 0.29) is 0 Å². The van der Waals surface area contributed by atoms with E-state index in [9.17, 15) is 4.79 Å². The van der Waals surface area contributed by atoms with Crippen molar-refractivity contribution < 1.29 is 14.6 Å². The number of rotatable bonds is 7. The van der Waals surface area contributed by atoms with Gasteiger partial charge in [-0.3, -0.25) is 4.79 Å². The number of carboxylic acids is 1. The van der Waals surface area contributed by atoms with Gasteiger partial charge in [0.25, 0.3) is 0 Å². The first-order valence-electron chi connectivity index (χ1n) is 6.61. The number of hydrogen-bond acceptors (Lipinski definition) is 3. The molecule has 1 atom stereocenters. The summed E-state index contributed by atoms with van der Waals surface area (Å²) in [7, 11) is 0. The third kappa shape index (κ3) is 4.91. The predicted molar refractivity (Wildman–Crippen MR) is 75.9 cm³/mol. The van der Waals surface area contributed by atoms with Crippen LogP contribution >= 0.6 is 0 Å². The van der Waals surface area contributed by atoms with Crippen LogP contribution in [0.4, 0.5) is 0 Å². The topological polar surface area (TPSA) is 58.6 Å². The Bertz CT molecular complexity index is 429. The Labute approximate surface area is 114 Å². The van der Waals surface area contributed by atoms with E-state index < -0.39 is 12.0 Å². The third-order valence-electron chi connectivity index (χ3n) is 3.06. The van der Waals surface area contributed by atoms with Gasteiger partial charge in [-0.15, -0.1) is 0 Å². The molecule has 0 amide bonds. The maximum absolute atomic E-state index is 10.6. The van der Waals surface area contributed by atoms with Gasteiger partial charge >= 0.3 is 5.97 Å². The summed E-state index contributed by atoms with van der Waals surface area (Å²) >= 11 is 0. The van der Waals surface area contributed by atoms with E-state index in [0.29, 0.717) is 19.1 Å². The number of carboxylic acid groups (broad SMARTS) is 1. The van der Waals surface area contributed by atoms with Crippen LogP contribution in [0.15, 0.2) is 18.2 Å². The molecule has 0 saturated heterocycles. The normalized spacial score (nSPS) is 12.5. The predicted octanol–water partition coefficient (Wildman–Crippen LogP) is 2.56.